The van der Waals surface area contributed by atoms with Crippen molar-refractivity contribution >= 4 is 92.1 Å². The van der Waals surface area contributed by atoms with Gasteiger partial charge in [-0.3, -0.25) is 0 Å². The number of nitrogens with one attached hydrogen (secondary N) is 5. The van der Waals surface area contributed by atoms with E-state index in [1.807, 2.05) is 48.5 Å². The Morgan fingerprint density at radius 3 is 1.04 bits per heavy atom. The zero-order valence-electron chi connectivity index (χ0n) is 13.9. The van der Waals surface area contributed by atoms with Crippen molar-refractivity contribution in [2.24, 2.45) is 11.5 Å². The molecule has 2 aromatic rings. The minimum absolute atomic E-state index is 0.207. The van der Waals surface area contributed by atoms with Crippen molar-refractivity contribution in [3.8, 4) is 0 Å². The fourth-order valence-electron chi connectivity index (χ4n) is 1.99. The Morgan fingerprint density at radius 2 is 0.778 bits per heavy atom. The van der Waals surface area contributed by atoms with Crippen LogP contribution in [-0.2, 0) is 0 Å². The number of hydrogen-bond donors (Lipinski definition) is 7. The Morgan fingerprint density at radius 1 is 0.519 bits per heavy atom. The van der Waals surface area contributed by atoms with Gasteiger partial charge in [-0.2, -0.15) is 0 Å². The summed E-state index contributed by atoms with van der Waals surface area (Å²) in [7, 11) is 0. The SMILES string of the molecule is NC(=S)Nc1ccc(NC(=S)NC(=S)Nc2ccc(NC(N)=S)cc2)cc1. The molecule has 0 bridgehead atoms. The smallest absolute Gasteiger partial charge is 0.177 e. The van der Waals surface area contributed by atoms with E-state index in [1.165, 1.54) is 0 Å². The van der Waals surface area contributed by atoms with E-state index in [9.17, 15) is 0 Å². The topological polar surface area (TPSA) is 112 Å². The van der Waals surface area contributed by atoms with Crippen molar-refractivity contribution in [1.82, 2.24) is 5.32 Å². The summed E-state index contributed by atoms with van der Waals surface area (Å²) in [4.78, 5) is 0. The lowest BCUT2D eigenvalue weighted by Gasteiger charge is -2.14. The number of nitrogens with two attached hydrogens (primary N) is 2. The number of hydrogen-bond acceptors (Lipinski definition) is 4. The molecular formula is C16H17N7S4. The molecule has 0 spiro atoms. The first kappa shape index (κ1) is 20.7. The van der Waals surface area contributed by atoms with E-state index in [0.29, 0.717) is 10.2 Å². The molecule has 11 heteroatoms. The van der Waals surface area contributed by atoms with Gasteiger partial charge in [0, 0.05) is 22.7 Å². The predicted molar refractivity (Wildman–Crippen MR) is 129 cm³/mol. The maximum Gasteiger partial charge on any atom is 0.177 e. The van der Waals surface area contributed by atoms with Crippen LogP contribution in [0.2, 0.25) is 0 Å². The molecule has 0 aliphatic carbocycles. The highest BCUT2D eigenvalue weighted by atomic mass is 32.1. The van der Waals surface area contributed by atoms with Gasteiger partial charge in [0.15, 0.2) is 20.4 Å². The van der Waals surface area contributed by atoms with Crippen molar-refractivity contribution in [2.75, 3.05) is 21.3 Å². The maximum absolute atomic E-state index is 5.43. The molecule has 0 radical (unpaired) electrons. The molecule has 0 unspecified atom stereocenters. The molecule has 140 valence electrons. The van der Waals surface area contributed by atoms with E-state index in [1.54, 1.807) is 0 Å². The molecule has 0 atom stereocenters. The van der Waals surface area contributed by atoms with Crippen LogP contribution in [0.1, 0.15) is 0 Å². The third-order valence-corrected chi connectivity index (χ3v) is 3.66. The lowest BCUT2D eigenvalue weighted by molar-refractivity contribution is 1.39. The van der Waals surface area contributed by atoms with Crippen LogP contribution < -0.4 is 38.1 Å². The summed E-state index contributed by atoms with van der Waals surface area (Å²) in [5.74, 6) is 0. The van der Waals surface area contributed by atoms with Crippen LogP contribution in [0.5, 0.6) is 0 Å². The minimum atomic E-state index is 0.207. The molecule has 7 nitrogen and oxygen atoms in total. The molecule has 0 heterocycles. The van der Waals surface area contributed by atoms with Crippen LogP contribution in [0, 0.1) is 0 Å². The summed E-state index contributed by atoms with van der Waals surface area (Å²) < 4.78 is 0. The molecule has 0 fully saturated rings. The Bertz CT molecular complexity index is 779. The number of thiocarbonyl (C=S) groups is 4. The Balaban J connectivity index is 1.83. The van der Waals surface area contributed by atoms with Crippen LogP contribution in [0.4, 0.5) is 22.7 Å². The average Bonchev–Trinajstić information content (AvgIpc) is 2.57. The normalized spacial score (nSPS) is 9.63. The van der Waals surface area contributed by atoms with Gasteiger partial charge in [0.2, 0.25) is 0 Å². The lowest BCUT2D eigenvalue weighted by atomic mass is 10.3. The van der Waals surface area contributed by atoms with Gasteiger partial charge in [0.1, 0.15) is 0 Å². The van der Waals surface area contributed by atoms with Gasteiger partial charge in [-0.1, -0.05) is 0 Å². The quantitative estimate of drug-likeness (QED) is 0.360. The van der Waals surface area contributed by atoms with Gasteiger partial charge in [0.25, 0.3) is 0 Å². The predicted octanol–water partition coefficient (Wildman–Crippen LogP) is 2.68. The number of anilines is 4. The zero-order valence-corrected chi connectivity index (χ0v) is 17.2. The molecule has 0 aliphatic rings. The lowest BCUT2D eigenvalue weighted by Crippen LogP contribution is -2.37. The Kier molecular flexibility index (Phi) is 7.61. The van der Waals surface area contributed by atoms with Crippen LogP contribution >= 0.6 is 48.9 Å². The fraction of sp³-hybridized carbons (Fsp3) is 0. The number of rotatable bonds is 4. The summed E-state index contributed by atoms with van der Waals surface area (Å²) >= 11 is 20.1. The van der Waals surface area contributed by atoms with Crippen LogP contribution in [0.3, 0.4) is 0 Å². The van der Waals surface area contributed by atoms with Crippen molar-refractivity contribution in [1.29, 1.82) is 0 Å². The largest absolute Gasteiger partial charge is 0.376 e. The second kappa shape index (κ2) is 9.92. The molecule has 27 heavy (non-hydrogen) atoms. The molecule has 0 aliphatic heterocycles. The van der Waals surface area contributed by atoms with Gasteiger partial charge >= 0.3 is 0 Å². The van der Waals surface area contributed by atoms with Gasteiger partial charge < -0.3 is 38.1 Å². The van der Waals surface area contributed by atoms with Crippen molar-refractivity contribution in [3.05, 3.63) is 48.5 Å². The molecule has 2 aromatic carbocycles. The first-order chi connectivity index (χ1) is 12.8. The monoisotopic (exact) mass is 435 g/mol. The molecule has 0 aromatic heterocycles. The zero-order chi connectivity index (χ0) is 19.8. The summed E-state index contributed by atoms with van der Waals surface area (Å²) in [5.41, 5.74) is 14.0. The van der Waals surface area contributed by atoms with E-state index in [0.717, 1.165) is 22.7 Å². The second-order valence-corrected chi connectivity index (χ2v) is 6.86. The Labute approximate surface area is 178 Å². The van der Waals surface area contributed by atoms with Crippen molar-refractivity contribution in [3.63, 3.8) is 0 Å². The van der Waals surface area contributed by atoms with Gasteiger partial charge in [-0.05, 0) is 97.4 Å². The molecule has 0 saturated carbocycles. The van der Waals surface area contributed by atoms with E-state index in [4.69, 9.17) is 60.3 Å². The summed E-state index contributed by atoms with van der Waals surface area (Å²) in [6, 6.07) is 14.6. The highest BCUT2D eigenvalue weighted by molar-refractivity contribution is 7.82. The van der Waals surface area contributed by atoms with Crippen LogP contribution in [0.25, 0.3) is 0 Å². The second-order valence-electron chi connectivity index (χ2n) is 5.17. The van der Waals surface area contributed by atoms with E-state index >= 15 is 0 Å². The van der Waals surface area contributed by atoms with Gasteiger partial charge in [0.05, 0.1) is 0 Å². The Hall–Kier alpha value is -2.60. The third kappa shape index (κ3) is 7.66. The standard InChI is InChI=1S/C16H17N7S4/c17-13(24)19-9-1-5-11(6-2-9)21-15(26)23-16(27)22-12-7-3-10(4-8-12)20-14(18)25/h1-8H,(H3,17,19,24)(H3,18,20,25)(H3,21,22,23,26,27). The van der Waals surface area contributed by atoms with E-state index < -0.39 is 0 Å². The average molecular weight is 436 g/mol. The summed E-state index contributed by atoms with van der Waals surface area (Å²) in [5, 5.41) is 15.8. The molecule has 0 amide bonds. The summed E-state index contributed by atoms with van der Waals surface area (Å²) in [6.07, 6.45) is 0. The highest BCUT2D eigenvalue weighted by Gasteiger charge is 2.03. The third-order valence-electron chi connectivity index (χ3n) is 3.05. The van der Waals surface area contributed by atoms with Crippen molar-refractivity contribution < 1.29 is 0 Å². The first-order valence-corrected chi connectivity index (χ1v) is 9.17. The minimum Gasteiger partial charge on any atom is -0.376 e. The fourth-order valence-corrected chi connectivity index (χ4v) is 2.73. The van der Waals surface area contributed by atoms with E-state index in [-0.39, 0.29) is 10.2 Å². The molecule has 0 saturated heterocycles. The van der Waals surface area contributed by atoms with Gasteiger partial charge in [-0.25, -0.2) is 0 Å². The molecular weight excluding hydrogens is 418 g/mol. The van der Waals surface area contributed by atoms with Crippen molar-refractivity contribution in [2.45, 2.75) is 0 Å². The molecule has 2 rings (SSSR count). The highest BCUT2D eigenvalue weighted by Crippen LogP contribution is 2.14. The molecule has 9 N–H and O–H groups in total. The number of benzene rings is 2. The maximum atomic E-state index is 5.43. The summed E-state index contributed by atoms with van der Waals surface area (Å²) in [6.45, 7) is 0. The first-order valence-electron chi connectivity index (χ1n) is 7.54. The van der Waals surface area contributed by atoms with Crippen LogP contribution in [-0.4, -0.2) is 20.4 Å². The van der Waals surface area contributed by atoms with E-state index in [2.05, 4.69) is 26.6 Å². The van der Waals surface area contributed by atoms with Gasteiger partial charge in [-0.15, -0.1) is 0 Å². The van der Waals surface area contributed by atoms with Crippen LogP contribution in [0.15, 0.2) is 48.5 Å².